The molecule has 1 atom stereocenters. The minimum Gasteiger partial charge on any atom is -0.379 e. The molecule has 0 bridgehead atoms. The van der Waals surface area contributed by atoms with Crippen molar-refractivity contribution in [1.82, 2.24) is 0 Å². The van der Waals surface area contributed by atoms with Crippen molar-refractivity contribution in [2.45, 2.75) is 6.10 Å². The van der Waals surface area contributed by atoms with Gasteiger partial charge in [-0.3, -0.25) is 4.79 Å². The van der Waals surface area contributed by atoms with Crippen molar-refractivity contribution < 1.29 is 18.3 Å². The summed E-state index contributed by atoms with van der Waals surface area (Å²) in [6.45, 7) is 0. The topological polar surface area (TPSA) is 71.4 Å². The first-order valence-electron chi connectivity index (χ1n) is 3.90. The zero-order valence-corrected chi connectivity index (χ0v) is 8.36. The van der Waals surface area contributed by atoms with Crippen molar-refractivity contribution in [2.75, 3.05) is 6.26 Å². The molecular weight excluding hydrogens is 204 g/mol. The van der Waals surface area contributed by atoms with E-state index in [9.17, 15) is 18.3 Å². The van der Waals surface area contributed by atoms with Crippen LogP contribution in [0.15, 0.2) is 30.3 Å². The predicted molar refractivity (Wildman–Crippen MR) is 51.3 cm³/mol. The first-order valence-corrected chi connectivity index (χ1v) is 5.79. The lowest BCUT2D eigenvalue weighted by Crippen LogP contribution is -2.20. The summed E-state index contributed by atoms with van der Waals surface area (Å²) in [5.41, 5.74) is 0.280. The summed E-state index contributed by atoms with van der Waals surface area (Å²) in [5.74, 6) is 0. The van der Waals surface area contributed by atoms with Crippen molar-refractivity contribution in [3.63, 3.8) is 0 Å². The molecule has 1 aromatic carbocycles. The van der Waals surface area contributed by atoms with Gasteiger partial charge in [0, 0.05) is 6.26 Å². The zero-order valence-electron chi connectivity index (χ0n) is 7.54. The highest BCUT2D eigenvalue weighted by atomic mass is 32.2. The van der Waals surface area contributed by atoms with E-state index in [0.29, 0.717) is 0 Å². The van der Waals surface area contributed by atoms with E-state index in [4.69, 9.17) is 0 Å². The van der Waals surface area contributed by atoms with Crippen LogP contribution in [0.1, 0.15) is 11.7 Å². The third kappa shape index (κ3) is 2.40. The average Bonchev–Trinajstić information content (AvgIpc) is 2.15. The molecule has 0 saturated carbocycles. The Labute approximate surface area is 82.1 Å². The van der Waals surface area contributed by atoms with E-state index >= 15 is 0 Å². The Morgan fingerprint density at radius 1 is 1.29 bits per heavy atom. The molecule has 1 aromatic rings. The van der Waals surface area contributed by atoms with E-state index in [-0.39, 0.29) is 5.56 Å². The third-order valence-electron chi connectivity index (χ3n) is 1.70. The van der Waals surface area contributed by atoms with Crippen LogP contribution >= 0.6 is 0 Å². The minimum absolute atomic E-state index is 0.280. The lowest BCUT2D eigenvalue weighted by atomic mass is 10.1. The van der Waals surface area contributed by atoms with Gasteiger partial charge in [0.05, 0.1) is 0 Å². The van der Waals surface area contributed by atoms with Gasteiger partial charge in [-0.1, -0.05) is 30.3 Å². The van der Waals surface area contributed by atoms with E-state index in [1.54, 1.807) is 18.2 Å². The summed E-state index contributed by atoms with van der Waals surface area (Å²) in [4.78, 5) is 11.1. The fourth-order valence-corrected chi connectivity index (χ4v) is 1.52. The fraction of sp³-hybridized carbons (Fsp3) is 0.222. The fourth-order valence-electron chi connectivity index (χ4n) is 0.974. The van der Waals surface area contributed by atoms with Gasteiger partial charge >= 0.3 is 0 Å². The van der Waals surface area contributed by atoms with Crippen LogP contribution in [0.25, 0.3) is 0 Å². The molecular formula is C9H10O4S. The third-order valence-corrected chi connectivity index (χ3v) is 2.66. The monoisotopic (exact) mass is 214 g/mol. The van der Waals surface area contributed by atoms with Crippen LogP contribution in [-0.4, -0.2) is 24.9 Å². The number of benzene rings is 1. The van der Waals surface area contributed by atoms with Gasteiger partial charge in [0.2, 0.25) is 9.84 Å². The van der Waals surface area contributed by atoms with E-state index in [0.717, 1.165) is 6.26 Å². The number of hydrogen-bond donors (Lipinski definition) is 1. The SMILES string of the molecule is CS(=O)(=O)C(=O)C(O)c1ccccc1. The van der Waals surface area contributed by atoms with Crippen molar-refractivity contribution >= 4 is 15.0 Å². The first-order chi connectivity index (χ1) is 6.43. The van der Waals surface area contributed by atoms with Gasteiger partial charge < -0.3 is 5.11 Å². The maximum atomic E-state index is 11.1. The Kier molecular flexibility index (Phi) is 3.03. The van der Waals surface area contributed by atoms with Gasteiger partial charge in [0.15, 0.2) is 6.10 Å². The molecule has 14 heavy (non-hydrogen) atoms. The van der Waals surface area contributed by atoms with Crippen molar-refractivity contribution in [1.29, 1.82) is 0 Å². The van der Waals surface area contributed by atoms with E-state index in [1.807, 2.05) is 0 Å². The molecule has 0 amide bonds. The highest BCUT2D eigenvalue weighted by Crippen LogP contribution is 2.15. The number of sulfone groups is 1. The molecule has 1 unspecified atom stereocenters. The molecule has 0 spiro atoms. The van der Waals surface area contributed by atoms with Gasteiger partial charge in [-0.2, -0.15) is 0 Å². The maximum absolute atomic E-state index is 11.1. The van der Waals surface area contributed by atoms with Crippen LogP contribution in [-0.2, 0) is 14.6 Å². The van der Waals surface area contributed by atoms with Crippen LogP contribution < -0.4 is 0 Å². The second-order valence-electron chi connectivity index (χ2n) is 2.90. The molecule has 1 rings (SSSR count). The van der Waals surface area contributed by atoms with Crippen LogP contribution in [0.2, 0.25) is 0 Å². The molecule has 0 aliphatic carbocycles. The molecule has 0 saturated heterocycles. The predicted octanol–water partition coefficient (Wildman–Crippen LogP) is 0.291. The Balaban J connectivity index is 2.99. The first kappa shape index (κ1) is 10.9. The summed E-state index contributed by atoms with van der Waals surface area (Å²) in [7, 11) is -3.84. The maximum Gasteiger partial charge on any atom is 0.278 e. The van der Waals surface area contributed by atoms with Crippen molar-refractivity contribution in [3.05, 3.63) is 35.9 Å². The van der Waals surface area contributed by atoms with E-state index < -0.39 is 21.1 Å². The molecule has 0 aliphatic heterocycles. The molecule has 5 heteroatoms. The molecule has 1 N–H and O–H groups in total. The summed E-state index contributed by atoms with van der Waals surface area (Å²) < 4.78 is 21.7. The largest absolute Gasteiger partial charge is 0.379 e. The van der Waals surface area contributed by atoms with E-state index in [2.05, 4.69) is 0 Å². The number of aliphatic hydroxyl groups excluding tert-OH is 1. The standard InChI is InChI=1S/C9H10O4S/c1-14(12,13)9(11)8(10)7-5-3-2-4-6-7/h2-6,8,10H,1H3. The quantitative estimate of drug-likeness (QED) is 0.768. The van der Waals surface area contributed by atoms with Crippen LogP contribution in [0, 0.1) is 0 Å². The average molecular weight is 214 g/mol. The molecule has 0 aliphatic rings. The summed E-state index contributed by atoms with van der Waals surface area (Å²) in [6.07, 6.45) is -0.812. The number of carbonyl (C=O) groups is 1. The smallest absolute Gasteiger partial charge is 0.278 e. The van der Waals surface area contributed by atoms with Gasteiger partial charge in [0.25, 0.3) is 5.12 Å². The van der Waals surface area contributed by atoms with Crippen molar-refractivity contribution in [3.8, 4) is 0 Å². The lowest BCUT2D eigenvalue weighted by molar-refractivity contribution is -0.119. The number of carbonyl (C=O) groups excluding carboxylic acids is 1. The number of aliphatic hydroxyl groups is 1. The molecule has 0 fully saturated rings. The van der Waals surface area contributed by atoms with E-state index in [1.165, 1.54) is 12.1 Å². The van der Waals surface area contributed by atoms with Crippen LogP contribution in [0.5, 0.6) is 0 Å². The molecule has 76 valence electrons. The minimum atomic E-state index is -3.84. The highest BCUT2D eigenvalue weighted by molar-refractivity contribution is 8.05. The zero-order chi connectivity index (χ0) is 10.8. The number of hydrogen-bond acceptors (Lipinski definition) is 4. The second kappa shape index (κ2) is 3.89. The Morgan fingerprint density at radius 3 is 2.21 bits per heavy atom. The summed E-state index contributed by atoms with van der Waals surface area (Å²) >= 11 is 0. The molecule has 0 radical (unpaired) electrons. The van der Waals surface area contributed by atoms with Crippen molar-refractivity contribution in [2.24, 2.45) is 0 Å². The van der Waals surface area contributed by atoms with Gasteiger partial charge in [-0.15, -0.1) is 0 Å². The Hall–Kier alpha value is -1.20. The lowest BCUT2D eigenvalue weighted by Gasteiger charge is -2.07. The normalized spacial score (nSPS) is 13.6. The summed E-state index contributed by atoms with van der Waals surface area (Å²) in [5, 5.41) is 8.22. The van der Waals surface area contributed by atoms with Gasteiger partial charge in [0.1, 0.15) is 0 Å². The van der Waals surface area contributed by atoms with Crippen LogP contribution in [0.3, 0.4) is 0 Å². The van der Waals surface area contributed by atoms with Gasteiger partial charge in [-0.25, -0.2) is 8.42 Å². The van der Waals surface area contributed by atoms with Crippen LogP contribution in [0.4, 0.5) is 0 Å². The Morgan fingerprint density at radius 2 is 1.79 bits per heavy atom. The molecule has 0 aromatic heterocycles. The second-order valence-corrected chi connectivity index (χ2v) is 4.85. The highest BCUT2D eigenvalue weighted by Gasteiger charge is 2.26. The molecule has 0 heterocycles. The summed E-state index contributed by atoms with van der Waals surface area (Å²) in [6, 6.07) is 7.94. The van der Waals surface area contributed by atoms with Gasteiger partial charge in [-0.05, 0) is 5.56 Å². The number of rotatable bonds is 2. The molecule has 4 nitrogen and oxygen atoms in total. The Bertz CT molecular complexity index is 421.